The van der Waals surface area contributed by atoms with Gasteiger partial charge in [0.2, 0.25) is 5.82 Å². The molecule has 0 saturated carbocycles. The maximum Gasteiger partial charge on any atom is 0.258 e. The number of aryl methyl sites for hydroxylation is 2. The van der Waals surface area contributed by atoms with Crippen LogP contribution in [0.15, 0.2) is 53.2 Å². The lowest BCUT2D eigenvalue weighted by atomic mass is 10.0. The molecule has 0 N–H and O–H groups in total. The summed E-state index contributed by atoms with van der Waals surface area (Å²) in [4.78, 5) is 7.19. The molecule has 3 heterocycles. The highest BCUT2D eigenvalue weighted by molar-refractivity contribution is 5.84. The van der Waals surface area contributed by atoms with Crippen LogP contribution >= 0.6 is 0 Å². The van der Waals surface area contributed by atoms with Crippen molar-refractivity contribution in [3.05, 3.63) is 54.2 Å². The van der Waals surface area contributed by atoms with Crippen molar-refractivity contribution in [1.29, 1.82) is 0 Å². The lowest BCUT2D eigenvalue weighted by Crippen LogP contribution is -2.37. The van der Waals surface area contributed by atoms with Crippen LogP contribution in [0.25, 0.3) is 33.7 Å². The van der Waals surface area contributed by atoms with Gasteiger partial charge in [0.25, 0.3) is 5.89 Å². The monoisotopic (exact) mass is 386 g/mol. The fourth-order valence-electron chi connectivity index (χ4n) is 4.45. The summed E-state index contributed by atoms with van der Waals surface area (Å²) >= 11 is 0. The molecule has 2 aromatic carbocycles. The molecule has 5 rings (SSSR count). The van der Waals surface area contributed by atoms with Crippen LogP contribution in [0.1, 0.15) is 31.7 Å². The molecule has 1 aliphatic heterocycles. The van der Waals surface area contributed by atoms with Gasteiger partial charge in [0, 0.05) is 53.5 Å². The van der Waals surface area contributed by atoms with E-state index < -0.39 is 0 Å². The van der Waals surface area contributed by atoms with E-state index in [0.29, 0.717) is 17.8 Å². The third-order valence-corrected chi connectivity index (χ3v) is 6.13. The number of benzene rings is 2. The number of hydrogen-bond acceptors (Lipinski definition) is 4. The highest BCUT2D eigenvalue weighted by Crippen LogP contribution is 2.31. The summed E-state index contributed by atoms with van der Waals surface area (Å²) in [6.07, 6.45) is 5.92. The molecule has 1 unspecified atom stereocenters. The standard InChI is InChI=1S/C24H26N4O/c1-16-14-20(8-9-21(16)28-12-5-4-6-17(28)2)24-25-23(26-29-24)19-7-10-22-18(15-19)11-13-27(22)3/h7-11,13-15,17H,4-6,12H2,1-3H3. The summed E-state index contributed by atoms with van der Waals surface area (Å²) in [5.41, 5.74) is 5.69. The lowest BCUT2D eigenvalue weighted by molar-refractivity contribution is 0.432. The minimum atomic E-state index is 0.564. The van der Waals surface area contributed by atoms with Gasteiger partial charge < -0.3 is 14.0 Å². The molecule has 1 fully saturated rings. The van der Waals surface area contributed by atoms with Gasteiger partial charge in [0.05, 0.1) is 0 Å². The van der Waals surface area contributed by atoms with Gasteiger partial charge in [-0.1, -0.05) is 5.16 Å². The molecule has 148 valence electrons. The summed E-state index contributed by atoms with van der Waals surface area (Å²) < 4.78 is 7.71. The van der Waals surface area contributed by atoms with Crippen LogP contribution in [0, 0.1) is 6.92 Å². The molecule has 0 spiro atoms. The maximum atomic E-state index is 5.60. The van der Waals surface area contributed by atoms with Crippen LogP contribution in [0.5, 0.6) is 0 Å². The molecule has 0 radical (unpaired) electrons. The molecule has 29 heavy (non-hydrogen) atoms. The van der Waals surface area contributed by atoms with Crippen LogP contribution in [0.2, 0.25) is 0 Å². The smallest absolute Gasteiger partial charge is 0.258 e. The topological polar surface area (TPSA) is 47.1 Å². The van der Waals surface area contributed by atoms with Gasteiger partial charge in [-0.15, -0.1) is 0 Å². The van der Waals surface area contributed by atoms with Crippen molar-refractivity contribution in [2.75, 3.05) is 11.4 Å². The third kappa shape index (κ3) is 3.20. The first-order valence-electron chi connectivity index (χ1n) is 10.4. The molecule has 4 aromatic rings. The Balaban J connectivity index is 1.44. The second-order valence-corrected chi connectivity index (χ2v) is 8.16. The van der Waals surface area contributed by atoms with Gasteiger partial charge in [0.1, 0.15) is 0 Å². The second kappa shape index (κ2) is 7.07. The predicted molar refractivity (Wildman–Crippen MR) is 117 cm³/mol. The lowest BCUT2D eigenvalue weighted by Gasteiger charge is -2.36. The average molecular weight is 386 g/mol. The number of nitrogens with zero attached hydrogens (tertiary/aromatic N) is 4. The number of piperidine rings is 1. The van der Waals surface area contributed by atoms with Crippen LogP contribution < -0.4 is 4.90 Å². The predicted octanol–water partition coefficient (Wildman–Crippen LogP) is 5.58. The van der Waals surface area contributed by atoms with E-state index in [-0.39, 0.29) is 0 Å². The van der Waals surface area contributed by atoms with Gasteiger partial charge in [-0.3, -0.25) is 0 Å². The minimum Gasteiger partial charge on any atom is -0.369 e. The highest BCUT2D eigenvalue weighted by atomic mass is 16.5. The Hall–Kier alpha value is -3.08. The summed E-state index contributed by atoms with van der Waals surface area (Å²) in [5, 5.41) is 5.40. The summed E-state index contributed by atoms with van der Waals surface area (Å²) in [5.74, 6) is 1.19. The van der Waals surface area contributed by atoms with Crippen molar-refractivity contribution in [2.45, 2.75) is 39.2 Å². The first-order valence-corrected chi connectivity index (χ1v) is 10.4. The SMILES string of the molecule is Cc1cc(-c2nc(-c3ccc4c(ccn4C)c3)no2)ccc1N1CCCCC1C. The van der Waals surface area contributed by atoms with Crippen molar-refractivity contribution in [3.63, 3.8) is 0 Å². The molecular formula is C24H26N4O. The second-order valence-electron chi connectivity index (χ2n) is 8.16. The zero-order chi connectivity index (χ0) is 20.0. The summed E-state index contributed by atoms with van der Waals surface area (Å²) in [7, 11) is 2.05. The van der Waals surface area contributed by atoms with Crippen LogP contribution in [-0.4, -0.2) is 27.3 Å². The van der Waals surface area contributed by atoms with Crippen LogP contribution in [0.4, 0.5) is 5.69 Å². The molecule has 5 nitrogen and oxygen atoms in total. The first kappa shape index (κ1) is 18.0. The largest absolute Gasteiger partial charge is 0.369 e. The molecule has 0 aliphatic carbocycles. The van der Waals surface area contributed by atoms with E-state index in [1.54, 1.807) is 0 Å². The number of fused-ring (bicyclic) bond motifs is 1. The fraction of sp³-hybridized carbons (Fsp3) is 0.333. The van der Waals surface area contributed by atoms with E-state index >= 15 is 0 Å². The molecular weight excluding hydrogens is 360 g/mol. The van der Waals surface area contributed by atoms with Gasteiger partial charge in [-0.25, -0.2) is 0 Å². The van der Waals surface area contributed by atoms with Gasteiger partial charge in [-0.2, -0.15) is 4.98 Å². The quantitative estimate of drug-likeness (QED) is 0.461. The normalized spacial score (nSPS) is 17.2. The molecule has 5 heteroatoms. The van der Waals surface area contributed by atoms with Crippen LogP contribution in [-0.2, 0) is 7.05 Å². The zero-order valence-electron chi connectivity index (χ0n) is 17.2. The van der Waals surface area contributed by atoms with Crippen molar-refractivity contribution in [2.24, 2.45) is 7.05 Å². The Morgan fingerprint density at radius 1 is 1.03 bits per heavy atom. The van der Waals surface area contributed by atoms with Crippen molar-refractivity contribution < 1.29 is 4.52 Å². The molecule has 2 aromatic heterocycles. The minimum absolute atomic E-state index is 0.564. The first-order chi connectivity index (χ1) is 14.1. The molecule has 1 aliphatic rings. The molecule has 0 bridgehead atoms. The van der Waals surface area contributed by atoms with Gasteiger partial charge >= 0.3 is 0 Å². The van der Waals surface area contributed by atoms with Crippen molar-refractivity contribution in [3.8, 4) is 22.8 Å². The summed E-state index contributed by atoms with van der Waals surface area (Å²) in [6.45, 7) is 5.62. The average Bonchev–Trinajstić information content (AvgIpc) is 3.36. The Bertz CT molecular complexity index is 1170. The van der Waals surface area contributed by atoms with E-state index in [0.717, 1.165) is 17.7 Å². The number of aromatic nitrogens is 3. The Labute approximate surface area is 171 Å². The van der Waals surface area contributed by atoms with Crippen molar-refractivity contribution >= 4 is 16.6 Å². The number of anilines is 1. The molecule has 1 atom stereocenters. The molecule has 1 saturated heterocycles. The number of rotatable bonds is 3. The maximum absolute atomic E-state index is 5.60. The van der Waals surface area contributed by atoms with Crippen molar-refractivity contribution in [1.82, 2.24) is 14.7 Å². The fourth-order valence-corrected chi connectivity index (χ4v) is 4.45. The van der Waals surface area contributed by atoms with Gasteiger partial charge in [-0.05, 0) is 81.1 Å². The van der Waals surface area contributed by atoms with E-state index in [9.17, 15) is 0 Å². The van der Waals surface area contributed by atoms with Crippen LogP contribution in [0.3, 0.4) is 0 Å². The summed E-state index contributed by atoms with van der Waals surface area (Å²) in [6, 6.07) is 15.4. The van der Waals surface area contributed by atoms with E-state index in [2.05, 4.69) is 76.1 Å². The Morgan fingerprint density at radius 2 is 1.90 bits per heavy atom. The van der Waals surface area contributed by atoms with E-state index in [4.69, 9.17) is 4.52 Å². The zero-order valence-corrected chi connectivity index (χ0v) is 17.2. The Morgan fingerprint density at radius 3 is 2.72 bits per heavy atom. The van der Waals surface area contributed by atoms with E-state index in [1.807, 2.05) is 13.1 Å². The molecule has 0 amide bonds. The third-order valence-electron chi connectivity index (χ3n) is 6.13. The Kier molecular flexibility index (Phi) is 4.38. The number of hydrogen-bond donors (Lipinski definition) is 0. The van der Waals surface area contributed by atoms with Gasteiger partial charge in [0.15, 0.2) is 0 Å². The highest BCUT2D eigenvalue weighted by Gasteiger charge is 2.21. The van der Waals surface area contributed by atoms with E-state index in [1.165, 1.54) is 41.4 Å².